The Kier molecular flexibility index (Phi) is 3.75. The molecule has 0 aliphatic carbocycles. The first-order valence-electron chi connectivity index (χ1n) is 4.19. The Bertz CT molecular complexity index is 244. The fourth-order valence-corrected chi connectivity index (χ4v) is 1.67. The zero-order chi connectivity index (χ0) is 8.97. The zero-order valence-electron chi connectivity index (χ0n) is 7.26. The van der Waals surface area contributed by atoms with Gasteiger partial charge in [-0.1, -0.05) is 6.92 Å². The minimum absolute atomic E-state index is 0.675. The van der Waals surface area contributed by atoms with Gasteiger partial charge in [-0.2, -0.15) is 5.10 Å². The molecule has 0 saturated carbocycles. The van der Waals surface area contributed by atoms with Gasteiger partial charge < -0.3 is 5.73 Å². The number of hydrogen-bond acceptors (Lipinski definition) is 2. The normalized spacial score (nSPS) is 10.6. The predicted molar refractivity (Wildman–Crippen MR) is 53.0 cm³/mol. The summed E-state index contributed by atoms with van der Waals surface area (Å²) in [5.41, 5.74) is 6.70. The van der Waals surface area contributed by atoms with Crippen LogP contribution in [0.5, 0.6) is 0 Å². The highest BCUT2D eigenvalue weighted by Crippen LogP contribution is 2.16. The largest absolute Gasteiger partial charge is 0.330 e. The summed E-state index contributed by atoms with van der Waals surface area (Å²) in [6, 6.07) is 0. The van der Waals surface area contributed by atoms with E-state index in [4.69, 9.17) is 5.73 Å². The van der Waals surface area contributed by atoms with Crippen LogP contribution in [0.2, 0.25) is 0 Å². The molecule has 1 heterocycles. The van der Waals surface area contributed by atoms with E-state index in [0.717, 1.165) is 23.9 Å². The van der Waals surface area contributed by atoms with Crippen molar-refractivity contribution in [1.29, 1.82) is 0 Å². The van der Waals surface area contributed by atoms with Gasteiger partial charge in [0.2, 0.25) is 0 Å². The molecule has 0 aromatic carbocycles. The maximum absolute atomic E-state index is 5.49. The Hall–Kier alpha value is -0.350. The summed E-state index contributed by atoms with van der Waals surface area (Å²) in [4.78, 5) is 0. The molecule has 2 N–H and O–H groups in total. The van der Waals surface area contributed by atoms with Gasteiger partial charge in [0.15, 0.2) is 0 Å². The summed E-state index contributed by atoms with van der Waals surface area (Å²) >= 11 is 3.45. The molecule has 68 valence electrons. The molecule has 4 heteroatoms. The smallest absolute Gasteiger partial charge is 0.0635 e. The second-order valence-corrected chi connectivity index (χ2v) is 3.56. The first-order valence-corrected chi connectivity index (χ1v) is 4.99. The lowest BCUT2D eigenvalue weighted by Crippen LogP contribution is -2.10. The van der Waals surface area contributed by atoms with Crippen molar-refractivity contribution >= 4 is 15.9 Å². The van der Waals surface area contributed by atoms with E-state index >= 15 is 0 Å². The fourth-order valence-electron chi connectivity index (χ4n) is 1.18. The molecule has 0 atom stereocenters. The van der Waals surface area contributed by atoms with Gasteiger partial charge >= 0.3 is 0 Å². The molecule has 1 aromatic rings. The quantitative estimate of drug-likeness (QED) is 0.855. The Labute approximate surface area is 81.1 Å². The number of halogens is 1. The number of aromatic nitrogens is 2. The molecule has 12 heavy (non-hydrogen) atoms. The summed E-state index contributed by atoms with van der Waals surface area (Å²) < 4.78 is 3.08. The van der Waals surface area contributed by atoms with E-state index in [-0.39, 0.29) is 0 Å². The molecule has 0 amide bonds. The maximum atomic E-state index is 5.49. The van der Waals surface area contributed by atoms with Gasteiger partial charge in [0.25, 0.3) is 0 Å². The minimum Gasteiger partial charge on any atom is -0.330 e. The zero-order valence-corrected chi connectivity index (χ0v) is 8.84. The fraction of sp³-hybridized carbons (Fsp3) is 0.625. The number of nitrogens with two attached hydrogens (primary N) is 1. The van der Waals surface area contributed by atoms with Crippen LogP contribution in [0.1, 0.15) is 19.0 Å². The van der Waals surface area contributed by atoms with Crippen LogP contribution in [-0.2, 0) is 13.0 Å². The molecule has 0 aliphatic rings. The van der Waals surface area contributed by atoms with Gasteiger partial charge in [-0.25, -0.2) is 0 Å². The van der Waals surface area contributed by atoms with Crippen molar-refractivity contribution in [2.75, 3.05) is 6.54 Å². The Balaban J connectivity index is 2.80. The van der Waals surface area contributed by atoms with Crippen molar-refractivity contribution in [3.63, 3.8) is 0 Å². The summed E-state index contributed by atoms with van der Waals surface area (Å²) in [6.45, 7) is 3.79. The lowest BCUT2D eigenvalue weighted by molar-refractivity contribution is 0.573. The van der Waals surface area contributed by atoms with Crippen LogP contribution in [0.25, 0.3) is 0 Å². The van der Waals surface area contributed by atoms with Crippen LogP contribution in [0, 0.1) is 0 Å². The highest BCUT2D eigenvalue weighted by Gasteiger charge is 2.05. The van der Waals surface area contributed by atoms with E-state index in [1.807, 2.05) is 10.9 Å². The van der Waals surface area contributed by atoms with Gasteiger partial charge in [-0.05, 0) is 28.9 Å². The average molecular weight is 232 g/mol. The molecule has 0 spiro atoms. The summed E-state index contributed by atoms with van der Waals surface area (Å²) in [6.07, 6.45) is 3.83. The number of aryl methyl sites for hydroxylation is 1. The Morgan fingerprint density at radius 2 is 2.42 bits per heavy atom. The second-order valence-electron chi connectivity index (χ2n) is 2.70. The van der Waals surface area contributed by atoms with Crippen LogP contribution in [0.15, 0.2) is 10.7 Å². The van der Waals surface area contributed by atoms with Gasteiger partial charge in [0.1, 0.15) is 0 Å². The molecule has 0 saturated heterocycles. The molecule has 3 nitrogen and oxygen atoms in total. The third kappa shape index (κ3) is 2.08. The maximum Gasteiger partial charge on any atom is 0.0635 e. The lowest BCUT2D eigenvalue weighted by Gasteiger charge is -2.04. The number of nitrogens with zero attached hydrogens (tertiary/aromatic N) is 2. The molecule has 1 rings (SSSR count). The van der Waals surface area contributed by atoms with Crippen LogP contribution < -0.4 is 5.73 Å². The first-order chi connectivity index (χ1) is 5.79. The molecule has 0 radical (unpaired) electrons. The molecule has 1 aromatic heterocycles. The molecule has 0 aliphatic heterocycles. The Morgan fingerprint density at radius 1 is 1.67 bits per heavy atom. The standard InChI is InChI=1S/C8H14BrN3/c1-2-5-12-8(3-4-10)7(9)6-11-12/h6H,2-5,10H2,1H3. The van der Waals surface area contributed by atoms with E-state index in [0.29, 0.717) is 6.54 Å². The van der Waals surface area contributed by atoms with E-state index in [9.17, 15) is 0 Å². The van der Waals surface area contributed by atoms with Crippen LogP contribution in [0.4, 0.5) is 0 Å². The van der Waals surface area contributed by atoms with Crippen LogP contribution >= 0.6 is 15.9 Å². The van der Waals surface area contributed by atoms with Gasteiger partial charge in [-0.3, -0.25) is 4.68 Å². The summed E-state index contributed by atoms with van der Waals surface area (Å²) in [7, 11) is 0. The molecular formula is C8H14BrN3. The van der Waals surface area contributed by atoms with E-state index in [1.54, 1.807) is 0 Å². The first kappa shape index (κ1) is 9.74. The van der Waals surface area contributed by atoms with Crippen LogP contribution in [-0.4, -0.2) is 16.3 Å². The Morgan fingerprint density at radius 3 is 3.00 bits per heavy atom. The topological polar surface area (TPSA) is 43.8 Å². The molecule has 0 bridgehead atoms. The summed E-state index contributed by atoms with van der Waals surface area (Å²) in [5, 5.41) is 4.24. The minimum atomic E-state index is 0.675. The van der Waals surface area contributed by atoms with Gasteiger partial charge in [-0.15, -0.1) is 0 Å². The van der Waals surface area contributed by atoms with Crippen molar-refractivity contribution in [2.24, 2.45) is 5.73 Å². The van der Waals surface area contributed by atoms with Crippen molar-refractivity contribution in [2.45, 2.75) is 26.3 Å². The van der Waals surface area contributed by atoms with Crippen molar-refractivity contribution in [3.8, 4) is 0 Å². The number of hydrogen-bond donors (Lipinski definition) is 1. The number of rotatable bonds is 4. The average Bonchev–Trinajstić information content (AvgIpc) is 2.37. The lowest BCUT2D eigenvalue weighted by atomic mass is 10.3. The molecular weight excluding hydrogens is 218 g/mol. The van der Waals surface area contributed by atoms with Crippen molar-refractivity contribution in [1.82, 2.24) is 9.78 Å². The van der Waals surface area contributed by atoms with Gasteiger partial charge in [0, 0.05) is 13.0 Å². The highest BCUT2D eigenvalue weighted by molar-refractivity contribution is 9.10. The summed E-state index contributed by atoms with van der Waals surface area (Å²) in [5.74, 6) is 0. The third-order valence-corrected chi connectivity index (χ3v) is 2.38. The molecule has 0 unspecified atom stereocenters. The van der Waals surface area contributed by atoms with Crippen molar-refractivity contribution in [3.05, 3.63) is 16.4 Å². The van der Waals surface area contributed by atoms with E-state index in [1.165, 1.54) is 5.69 Å². The highest BCUT2D eigenvalue weighted by atomic mass is 79.9. The van der Waals surface area contributed by atoms with Gasteiger partial charge in [0.05, 0.1) is 16.4 Å². The monoisotopic (exact) mass is 231 g/mol. The van der Waals surface area contributed by atoms with Crippen LogP contribution in [0.3, 0.4) is 0 Å². The van der Waals surface area contributed by atoms with E-state index in [2.05, 4.69) is 28.0 Å². The molecule has 0 fully saturated rings. The SMILES string of the molecule is CCCn1ncc(Br)c1CCN. The van der Waals surface area contributed by atoms with Crippen molar-refractivity contribution < 1.29 is 0 Å². The second kappa shape index (κ2) is 4.62. The third-order valence-electron chi connectivity index (χ3n) is 1.71. The predicted octanol–water partition coefficient (Wildman–Crippen LogP) is 1.56. The van der Waals surface area contributed by atoms with E-state index < -0.39 is 0 Å².